The Labute approximate surface area is 181 Å². The van der Waals surface area contributed by atoms with Gasteiger partial charge in [-0.15, -0.1) is 0 Å². The predicted molar refractivity (Wildman–Crippen MR) is 116 cm³/mol. The monoisotopic (exact) mass is 472 g/mol. The van der Waals surface area contributed by atoms with E-state index in [9.17, 15) is 0 Å². The highest BCUT2D eigenvalue weighted by Gasteiger charge is 2.42. The van der Waals surface area contributed by atoms with Crippen LogP contribution in [0.15, 0.2) is 76.3 Å². The Morgan fingerprint density at radius 3 is 2.50 bits per heavy atom. The second-order valence-electron chi connectivity index (χ2n) is 6.81. The fourth-order valence-electron chi connectivity index (χ4n) is 3.80. The van der Waals surface area contributed by atoms with Crippen LogP contribution in [0.5, 0.6) is 5.75 Å². The predicted octanol–water partition coefficient (Wildman–Crippen LogP) is 7.00. The zero-order chi connectivity index (χ0) is 19.3. The van der Waals surface area contributed by atoms with Gasteiger partial charge in [-0.25, -0.2) is 5.01 Å². The maximum Gasteiger partial charge on any atom is 0.215 e. The van der Waals surface area contributed by atoms with Gasteiger partial charge in [-0.05, 0) is 23.8 Å². The van der Waals surface area contributed by atoms with Crippen molar-refractivity contribution < 1.29 is 4.74 Å². The van der Waals surface area contributed by atoms with E-state index >= 15 is 0 Å². The lowest BCUT2D eigenvalue weighted by molar-refractivity contribution is -0.0194. The molecule has 0 saturated heterocycles. The van der Waals surface area contributed by atoms with Gasteiger partial charge in [-0.1, -0.05) is 87.7 Å². The number of rotatable bonds is 2. The number of ether oxygens (including phenoxy) is 1. The van der Waals surface area contributed by atoms with Crippen molar-refractivity contribution >= 4 is 44.8 Å². The number of benzene rings is 3. The van der Waals surface area contributed by atoms with Crippen molar-refractivity contribution in [1.29, 1.82) is 0 Å². The van der Waals surface area contributed by atoms with E-state index in [1.165, 1.54) is 0 Å². The molecule has 0 saturated carbocycles. The van der Waals surface area contributed by atoms with Crippen LogP contribution in [0.3, 0.4) is 0 Å². The number of fused-ring (bicyclic) bond motifs is 3. The number of hydrogen-bond acceptors (Lipinski definition) is 3. The molecule has 2 aliphatic rings. The van der Waals surface area contributed by atoms with Gasteiger partial charge in [0.15, 0.2) is 0 Å². The van der Waals surface area contributed by atoms with Crippen LogP contribution in [-0.4, -0.2) is 10.7 Å². The van der Waals surface area contributed by atoms with Crippen molar-refractivity contribution in [2.45, 2.75) is 18.7 Å². The Morgan fingerprint density at radius 1 is 0.964 bits per heavy atom. The van der Waals surface area contributed by atoms with Crippen LogP contribution < -0.4 is 4.74 Å². The molecular weight excluding hydrogens is 459 g/mol. The summed E-state index contributed by atoms with van der Waals surface area (Å²) in [6, 6.07) is 21.9. The Balaban J connectivity index is 1.66. The fourth-order valence-corrected chi connectivity index (χ4v) is 4.83. The summed E-state index contributed by atoms with van der Waals surface area (Å²) >= 11 is 16.5. The number of halogens is 3. The van der Waals surface area contributed by atoms with Gasteiger partial charge in [0.05, 0.1) is 16.8 Å². The molecule has 0 N–H and O–H groups in total. The second-order valence-corrected chi connectivity index (χ2v) is 8.51. The zero-order valence-corrected chi connectivity index (χ0v) is 17.7. The lowest BCUT2D eigenvalue weighted by Gasteiger charge is -2.39. The molecule has 0 bridgehead atoms. The minimum atomic E-state index is -0.382. The molecule has 0 radical (unpaired) electrons. The molecule has 2 heterocycles. The maximum absolute atomic E-state index is 6.51. The summed E-state index contributed by atoms with van der Waals surface area (Å²) in [5.74, 6) is 0.678. The van der Waals surface area contributed by atoms with Crippen molar-refractivity contribution in [3.05, 3.63) is 97.9 Å². The van der Waals surface area contributed by atoms with E-state index in [1.54, 1.807) is 6.07 Å². The molecule has 0 fully saturated rings. The van der Waals surface area contributed by atoms with Crippen LogP contribution in [-0.2, 0) is 0 Å². The van der Waals surface area contributed by atoms with E-state index in [4.69, 9.17) is 33.0 Å². The van der Waals surface area contributed by atoms with Gasteiger partial charge < -0.3 is 4.74 Å². The Kier molecular flexibility index (Phi) is 4.58. The summed E-state index contributed by atoms with van der Waals surface area (Å²) in [6.07, 6.45) is 0.380. The third kappa shape index (κ3) is 3.00. The summed E-state index contributed by atoms with van der Waals surface area (Å²) in [7, 11) is 0. The third-order valence-corrected chi connectivity index (χ3v) is 6.31. The summed E-state index contributed by atoms with van der Waals surface area (Å²) < 4.78 is 7.35. The van der Waals surface area contributed by atoms with Crippen LogP contribution in [0.2, 0.25) is 10.0 Å². The molecule has 6 heteroatoms. The highest BCUT2D eigenvalue weighted by atomic mass is 79.9. The first-order valence-corrected chi connectivity index (χ1v) is 10.5. The minimum absolute atomic E-state index is 0.00672. The number of hydrazone groups is 1. The number of hydrogen-bond donors (Lipinski definition) is 0. The van der Waals surface area contributed by atoms with Crippen molar-refractivity contribution in [2.24, 2.45) is 5.10 Å². The highest BCUT2D eigenvalue weighted by Crippen LogP contribution is 2.51. The molecule has 0 amide bonds. The van der Waals surface area contributed by atoms with E-state index in [-0.39, 0.29) is 12.3 Å². The molecule has 5 rings (SSSR count). The minimum Gasteiger partial charge on any atom is -0.463 e. The number of nitrogens with zero attached hydrogens (tertiary/aromatic N) is 2. The summed E-state index contributed by atoms with van der Waals surface area (Å²) in [4.78, 5) is 0. The first-order chi connectivity index (χ1) is 13.6. The molecular formula is C22H15BrCl2N2O. The van der Waals surface area contributed by atoms with Crippen LogP contribution in [0.4, 0.5) is 0 Å². The molecule has 3 aromatic rings. The van der Waals surface area contributed by atoms with Gasteiger partial charge in [-0.3, -0.25) is 0 Å². The summed E-state index contributed by atoms with van der Waals surface area (Å²) in [5, 5.41) is 8.10. The molecule has 2 aliphatic heterocycles. The topological polar surface area (TPSA) is 24.8 Å². The van der Waals surface area contributed by atoms with Crippen LogP contribution in [0, 0.1) is 0 Å². The molecule has 0 aromatic heterocycles. The van der Waals surface area contributed by atoms with Gasteiger partial charge in [0.2, 0.25) is 6.23 Å². The van der Waals surface area contributed by atoms with Crippen molar-refractivity contribution in [1.82, 2.24) is 5.01 Å². The molecule has 140 valence electrons. The Hall–Kier alpha value is -2.01. The second kappa shape index (κ2) is 7.11. The van der Waals surface area contributed by atoms with Crippen LogP contribution in [0.1, 0.15) is 35.4 Å². The van der Waals surface area contributed by atoms with Crippen molar-refractivity contribution in [3.8, 4) is 5.75 Å². The van der Waals surface area contributed by atoms with E-state index in [0.717, 1.165) is 33.3 Å². The first-order valence-electron chi connectivity index (χ1n) is 8.93. The molecule has 2 atom stereocenters. The first kappa shape index (κ1) is 18.0. The van der Waals surface area contributed by atoms with Gasteiger partial charge in [0, 0.05) is 27.0 Å². The summed E-state index contributed by atoms with van der Waals surface area (Å²) in [5.41, 5.74) is 4.10. The molecule has 2 unspecified atom stereocenters. The van der Waals surface area contributed by atoms with E-state index in [0.29, 0.717) is 15.8 Å². The molecule has 0 spiro atoms. The quantitative estimate of drug-likeness (QED) is 0.400. The third-order valence-electron chi connectivity index (χ3n) is 5.09. The molecule has 3 nitrogen and oxygen atoms in total. The maximum atomic E-state index is 6.51. The molecule has 28 heavy (non-hydrogen) atoms. The highest BCUT2D eigenvalue weighted by molar-refractivity contribution is 9.10. The SMILES string of the molecule is Clc1cc(Cl)c2c(c1)C1CC(c3ccccc3)=NN1C(c1ccccc1Br)O2. The smallest absolute Gasteiger partial charge is 0.215 e. The van der Waals surface area contributed by atoms with E-state index < -0.39 is 0 Å². The lowest BCUT2D eigenvalue weighted by atomic mass is 9.96. The Morgan fingerprint density at radius 2 is 1.71 bits per heavy atom. The average molecular weight is 474 g/mol. The van der Waals surface area contributed by atoms with Gasteiger partial charge in [0.1, 0.15) is 5.75 Å². The lowest BCUT2D eigenvalue weighted by Crippen LogP contribution is -2.34. The standard InChI is InChI=1S/C22H15BrCl2N2O/c23-17-9-5-4-8-15(17)22-27-20(12-19(26-27)13-6-2-1-3-7-13)16-10-14(24)11-18(25)21(16)28-22/h1-11,20,22H,12H2. The van der Waals surface area contributed by atoms with Crippen LogP contribution in [0.25, 0.3) is 0 Å². The van der Waals surface area contributed by atoms with E-state index in [2.05, 4.69) is 28.1 Å². The summed E-state index contributed by atoms with van der Waals surface area (Å²) in [6.45, 7) is 0. The van der Waals surface area contributed by atoms with Crippen molar-refractivity contribution in [2.75, 3.05) is 0 Å². The normalized spacial score (nSPS) is 20.2. The fraction of sp³-hybridized carbons (Fsp3) is 0.136. The molecule has 3 aromatic carbocycles. The average Bonchev–Trinajstić information content (AvgIpc) is 3.15. The van der Waals surface area contributed by atoms with Crippen molar-refractivity contribution in [3.63, 3.8) is 0 Å². The molecule has 0 aliphatic carbocycles. The van der Waals surface area contributed by atoms with E-state index in [1.807, 2.05) is 53.5 Å². The zero-order valence-electron chi connectivity index (χ0n) is 14.6. The Bertz CT molecular complexity index is 1090. The van der Waals surface area contributed by atoms with Gasteiger partial charge >= 0.3 is 0 Å². The van der Waals surface area contributed by atoms with Crippen LogP contribution >= 0.6 is 39.1 Å². The van der Waals surface area contributed by atoms with Gasteiger partial charge in [-0.2, -0.15) is 5.10 Å². The largest absolute Gasteiger partial charge is 0.463 e. The van der Waals surface area contributed by atoms with Gasteiger partial charge in [0.25, 0.3) is 0 Å².